The second kappa shape index (κ2) is 4.57. The van der Waals surface area contributed by atoms with Crippen LogP contribution in [0.1, 0.15) is 15.9 Å². The van der Waals surface area contributed by atoms with Crippen molar-refractivity contribution in [1.29, 1.82) is 0 Å². The second-order valence-electron chi connectivity index (χ2n) is 4.10. The van der Waals surface area contributed by atoms with Gasteiger partial charge in [0, 0.05) is 0 Å². The van der Waals surface area contributed by atoms with Crippen LogP contribution in [0, 0.1) is 6.92 Å². The summed E-state index contributed by atoms with van der Waals surface area (Å²) in [7, 11) is 0. The number of aromatic carboxylic acids is 1. The van der Waals surface area contributed by atoms with Gasteiger partial charge in [0.2, 0.25) is 11.5 Å². The van der Waals surface area contributed by atoms with Gasteiger partial charge >= 0.3 is 5.97 Å². The van der Waals surface area contributed by atoms with E-state index in [1.165, 1.54) is 23.0 Å². The smallest absolute Gasteiger partial charge is 0.339 e. The lowest BCUT2D eigenvalue weighted by molar-refractivity contribution is 0.0694. The summed E-state index contributed by atoms with van der Waals surface area (Å²) in [5.41, 5.74) is 1.30. The molecule has 0 aliphatic heterocycles. The molecule has 0 fully saturated rings. The van der Waals surface area contributed by atoms with Crippen molar-refractivity contribution in [2.24, 2.45) is 0 Å². The van der Waals surface area contributed by atoms with Crippen LogP contribution in [0.2, 0.25) is 0 Å². The first-order valence-corrected chi connectivity index (χ1v) is 5.69. The standard InChI is InChI=1S/C12H9N5O3/c1-7-2-3-9(8(4-7)12(18)19)20-11-6-13-5-10-14-15-16-17(10)11/h2-6H,1H3,(H,18,19). The fraction of sp³-hybridized carbons (Fsp3) is 0.0833. The maximum absolute atomic E-state index is 11.2. The predicted molar refractivity (Wildman–Crippen MR) is 66.8 cm³/mol. The molecular formula is C12H9N5O3. The van der Waals surface area contributed by atoms with Gasteiger partial charge in [0.05, 0.1) is 12.4 Å². The topological polar surface area (TPSA) is 103 Å². The molecule has 0 aliphatic carbocycles. The molecule has 0 aliphatic rings. The van der Waals surface area contributed by atoms with E-state index in [0.717, 1.165) is 5.56 Å². The number of aromatic nitrogens is 5. The minimum absolute atomic E-state index is 0.0649. The van der Waals surface area contributed by atoms with E-state index >= 15 is 0 Å². The fourth-order valence-corrected chi connectivity index (χ4v) is 1.74. The van der Waals surface area contributed by atoms with Crippen molar-refractivity contribution in [2.75, 3.05) is 0 Å². The highest BCUT2D eigenvalue weighted by Crippen LogP contribution is 2.25. The van der Waals surface area contributed by atoms with E-state index in [-0.39, 0.29) is 17.2 Å². The molecule has 0 atom stereocenters. The Hall–Kier alpha value is -3.03. The number of carboxylic acid groups (broad SMARTS) is 1. The van der Waals surface area contributed by atoms with Gasteiger partial charge in [-0.25, -0.2) is 4.79 Å². The zero-order valence-corrected chi connectivity index (χ0v) is 10.4. The molecule has 0 bridgehead atoms. The molecule has 0 radical (unpaired) electrons. The van der Waals surface area contributed by atoms with Crippen LogP contribution in [0.15, 0.2) is 30.6 Å². The summed E-state index contributed by atoms with van der Waals surface area (Å²) >= 11 is 0. The van der Waals surface area contributed by atoms with E-state index in [1.54, 1.807) is 19.1 Å². The molecule has 0 spiro atoms. The monoisotopic (exact) mass is 271 g/mol. The maximum atomic E-state index is 11.2. The molecule has 3 rings (SSSR count). The summed E-state index contributed by atoms with van der Waals surface area (Å²) in [6, 6.07) is 4.88. The highest BCUT2D eigenvalue weighted by atomic mass is 16.5. The number of carbonyl (C=O) groups is 1. The van der Waals surface area contributed by atoms with Gasteiger partial charge in [-0.15, -0.1) is 5.10 Å². The normalized spacial score (nSPS) is 10.7. The summed E-state index contributed by atoms with van der Waals surface area (Å²) in [5, 5.41) is 20.2. The molecule has 1 aromatic carbocycles. The van der Waals surface area contributed by atoms with Crippen molar-refractivity contribution < 1.29 is 14.6 Å². The van der Waals surface area contributed by atoms with Crippen molar-refractivity contribution in [3.63, 3.8) is 0 Å². The lowest BCUT2D eigenvalue weighted by Gasteiger charge is -2.09. The van der Waals surface area contributed by atoms with E-state index in [2.05, 4.69) is 20.5 Å². The van der Waals surface area contributed by atoms with Gasteiger partial charge in [-0.1, -0.05) is 11.6 Å². The van der Waals surface area contributed by atoms with Gasteiger partial charge in [-0.2, -0.15) is 4.52 Å². The number of benzene rings is 1. The van der Waals surface area contributed by atoms with E-state index in [0.29, 0.717) is 5.65 Å². The Morgan fingerprint density at radius 1 is 1.35 bits per heavy atom. The molecule has 1 N–H and O–H groups in total. The Kier molecular flexibility index (Phi) is 2.75. The first-order valence-electron chi connectivity index (χ1n) is 5.69. The SMILES string of the molecule is Cc1ccc(Oc2cncc3nnnn23)c(C(=O)O)c1. The predicted octanol–water partition coefficient (Wildman–Crippen LogP) is 1.32. The molecule has 2 aromatic heterocycles. The molecule has 8 heteroatoms. The van der Waals surface area contributed by atoms with E-state index in [9.17, 15) is 9.90 Å². The minimum atomic E-state index is -1.07. The van der Waals surface area contributed by atoms with E-state index in [1.807, 2.05) is 0 Å². The summed E-state index contributed by atoms with van der Waals surface area (Å²) in [6.45, 7) is 1.81. The highest BCUT2D eigenvalue weighted by molar-refractivity contribution is 5.91. The van der Waals surface area contributed by atoms with Crippen LogP contribution in [0.25, 0.3) is 5.65 Å². The average molecular weight is 271 g/mol. The molecule has 0 unspecified atom stereocenters. The quantitative estimate of drug-likeness (QED) is 0.766. The van der Waals surface area contributed by atoms with Crippen molar-refractivity contribution in [2.45, 2.75) is 6.92 Å². The van der Waals surface area contributed by atoms with Gasteiger partial charge in [0.25, 0.3) is 0 Å². The van der Waals surface area contributed by atoms with Crippen molar-refractivity contribution in [3.8, 4) is 11.6 Å². The van der Waals surface area contributed by atoms with Crippen LogP contribution >= 0.6 is 0 Å². The first-order chi connectivity index (χ1) is 9.65. The third-order valence-corrected chi connectivity index (χ3v) is 2.66. The largest absolute Gasteiger partial charge is 0.478 e. The summed E-state index contributed by atoms with van der Waals surface area (Å²) in [4.78, 5) is 15.2. The number of rotatable bonds is 3. The van der Waals surface area contributed by atoms with Gasteiger partial charge in [0.1, 0.15) is 11.3 Å². The number of hydrogen-bond acceptors (Lipinski definition) is 6. The van der Waals surface area contributed by atoms with Crippen molar-refractivity contribution >= 4 is 11.6 Å². The number of carboxylic acids is 1. The Morgan fingerprint density at radius 2 is 2.20 bits per heavy atom. The van der Waals surface area contributed by atoms with Gasteiger partial charge in [0.15, 0.2) is 0 Å². The van der Waals surface area contributed by atoms with Crippen LogP contribution in [0.3, 0.4) is 0 Å². The molecule has 2 heterocycles. The van der Waals surface area contributed by atoms with Crippen LogP contribution < -0.4 is 4.74 Å². The minimum Gasteiger partial charge on any atom is -0.478 e. The molecular weight excluding hydrogens is 262 g/mol. The number of nitrogens with zero attached hydrogens (tertiary/aromatic N) is 5. The number of aryl methyl sites for hydroxylation is 1. The zero-order valence-electron chi connectivity index (χ0n) is 10.4. The van der Waals surface area contributed by atoms with Gasteiger partial charge in [-0.05, 0) is 29.5 Å². The average Bonchev–Trinajstić information content (AvgIpc) is 2.90. The lowest BCUT2D eigenvalue weighted by atomic mass is 10.1. The van der Waals surface area contributed by atoms with Crippen LogP contribution in [0.4, 0.5) is 0 Å². The van der Waals surface area contributed by atoms with Crippen molar-refractivity contribution in [1.82, 2.24) is 25.0 Å². The Balaban J connectivity index is 2.07. The van der Waals surface area contributed by atoms with Gasteiger partial charge in [-0.3, -0.25) is 4.98 Å². The molecule has 8 nitrogen and oxygen atoms in total. The molecule has 0 saturated heterocycles. The third kappa shape index (κ3) is 2.03. The highest BCUT2D eigenvalue weighted by Gasteiger charge is 2.14. The summed E-state index contributed by atoms with van der Waals surface area (Å²) in [5.74, 6) is -0.632. The fourth-order valence-electron chi connectivity index (χ4n) is 1.74. The summed E-state index contributed by atoms with van der Waals surface area (Å²) < 4.78 is 6.91. The van der Waals surface area contributed by atoms with E-state index in [4.69, 9.17) is 4.74 Å². The maximum Gasteiger partial charge on any atom is 0.339 e. The Labute approximate surface area is 112 Å². The molecule has 0 saturated carbocycles. The van der Waals surface area contributed by atoms with Crippen LogP contribution in [0.5, 0.6) is 11.6 Å². The molecule has 20 heavy (non-hydrogen) atoms. The molecule has 0 amide bonds. The molecule has 3 aromatic rings. The van der Waals surface area contributed by atoms with E-state index < -0.39 is 5.97 Å². The number of tetrazole rings is 1. The first kappa shape index (κ1) is 12.0. The van der Waals surface area contributed by atoms with Crippen LogP contribution in [-0.2, 0) is 0 Å². The number of ether oxygens (including phenoxy) is 1. The van der Waals surface area contributed by atoms with Crippen LogP contribution in [-0.4, -0.2) is 36.1 Å². The molecule has 100 valence electrons. The summed E-state index contributed by atoms with van der Waals surface area (Å²) in [6.07, 6.45) is 2.88. The number of fused-ring (bicyclic) bond motifs is 1. The number of hydrogen-bond donors (Lipinski definition) is 1. The lowest BCUT2D eigenvalue weighted by Crippen LogP contribution is -2.03. The zero-order chi connectivity index (χ0) is 14.1. The second-order valence-corrected chi connectivity index (χ2v) is 4.10. The Bertz CT molecular complexity index is 799. The Morgan fingerprint density at radius 3 is 3.00 bits per heavy atom. The third-order valence-electron chi connectivity index (χ3n) is 2.66. The van der Waals surface area contributed by atoms with Crippen molar-refractivity contribution in [3.05, 3.63) is 41.7 Å². The van der Waals surface area contributed by atoms with Gasteiger partial charge < -0.3 is 9.84 Å².